The van der Waals surface area contributed by atoms with E-state index >= 15 is 0 Å². The molecule has 0 amide bonds. The van der Waals surface area contributed by atoms with Crippen LogP contribution in [-0.4, -0.2) is 0 Å². The van der Waals surface area contributed by atoms with Crippen molar-refractivity contribution < 1.29 is 4.57 Å². The quantitative estimate of drug-likeness (QED) is 0.363. The summed E-state index contributed by atoms with van der Waals surface area (Å²) in [6.07, 6.45) is 7.12. The first kappa shape index (κ1) is 7.84. The standard InChI is InChI=1S/C6H10.HOP/c1-6-4-2-3-5-6;1-2/h2-3,6H,4-5H2,1H3;2H. The minimum Gasteiger partial charge on any atom is -0.279 e. The van der Waals surface area contributed by atoms with Crippen molar-refractivity contribution in [1.29, 1.82) is 0 Å². The molecule has 0 aliphatic heterocycles. The maximum Gasteiger partial charge on any atom is 0.138 e. The van der Waals surface area contributed by atoms with E-state index in [1.54, 1.807) is 9.12 Å². The highest BCUT2D eigenvalue weighted by molar-refractivity contribution is 7.00. The van der Waals surface area contributed by atoms with Gasteiger partial charge in [0.25, 0.3) is 0 Å². The Morgan fingerprint density at radius 3 is 1.88 bits per heavy atom. The molecule has 0 radical (unpaired) electrons. The molecule has 1 aliphatic carbocycles. The molecular weight excluding hydrogens is 119 g/mol. The fourth-order valence-electron chi connectivity index (χ4n) is 0.753. The molecule has 46 valence electrons. The first-order valence-corrected chi connectivity index (χ1v) is 3.16. The van der Waals surface area contributed by atoms with E-state index < -0.39 is 0 Å². The minimum absolute atomic E-state index is 0.935. The number of rotatable bonds is 0. The molecule has 0 aromatic heterocycles. The number of hydrogen-bond acceptors (Lipinski definition) is 1. The lowest BCUT2D eigenvalue weighted by atomic mass is 10.1. The Morgan fingerprint density at radius 2 is 1.75 bits per heavy atom. The van der Waals surface area contributed by atoms with Gasteiger partial charge in [-0.25, -0.2) is 0 Å². The topological polar surface area (TPSA) is 17.1 Å². The van der Waals surface area contributed by atoms with Crippen LogP contribution in [0, 0.1) is 5.92 Å². The smallest absolute Gasteiger partial charge is 0.138 e. The summed E-state index contributed by atoms with van der Waals surface area (Å²) in [7, 11) is 1.72. The third-order valence-electron chi connectivity index (χ3n) is 1.24. The summed E-state index contributed by atoms with van der Waals surface area (Å²) < 4.78 is 8.06. The summed E-state index contributed by atoms with van der Waals surface area (Å²) in [6, 6.07) is 0. The molecule has 0 atom stereocenters. The van der Waals surface area contributed by atoms with Gasteiger partial charge >= 0.3 is 0 Å². The second-order valence-corrected chi connectivity index (χ2v) is 2.05. The predicted molar refractivity (Wildman–Crippen MR) is 36.5 cm³/mol. The van der Waals surface area contributed by atoms with Crippen LogP contribution in [0.15, 0.2) is 12.2 Å². The molecule has 0 saturated carbocycles. The van der Waals surface area contributed by atoms with Gasteiger partial charge in [0, 0.05) is 0 Å². The Hall–Kier alpha value is -0.160. The van der Waals surface area contributed by atoms with Crippen molar-refractivity contribution in [3.05, 3.63) is 12.2 Å². The Balaban J connectivity index is 0.000000222. The van der Waals surface area contributed by atoms with Gasteiger partial charge in [-0.2, -0.15) is 0 Å². The zero-order chi connectivity index (χ0) is 6.41. The van der Waals surface area contributed by atoms with Gasteiger partial charge in [0.1, 0.15) is 9.12 Å². The molecule has 0 aromatic carbocycles. The van der Waals surface area contributed by atoms with Crippen LogP contribution in [0.4, 0.5) is 0 Å². The van der Waals surface area contributed by atoms with Crippen molar-refractivity contribution in [1.82, 2.24) is 0 Å². The fraction of sp³-hybridized carbons (Fsp3) is 0.667. The highest BCUT2D eigenvalue weighted by atomic mass is 31.0. The Morgan fingerprint density at radius 1 is 1.38 bits per heavy atom. The largest absolute Gasteiger partial charge is 0.279 e. The van der Waals surface area contributed by atoms with Crippen LogP contribution in [0.5, 0.6) is 0 Å². The average molecular weight is 130 g/mol. The third kappa shape index (κ3) is 2.92. The minimum atomic E-state index is 0.935. The van der Waals surface area contributed by atoms with Crippen LogP contribution >= 0.6 is 9.12 Å². The van der Waals surface area contributed by atoms with Gasteiger partial charge in [-0.1, -0.05) is 19.1 Å². The highest BCUT2D eigenvalue weighted by Gasteiger charge is 1.99. The van der Waals surface area contributed by atoms with E-state index in [0.29, 0.717) is 0 Å². The van der Waals surface area contributed by atoms with Crippen LogP contribution in [0.2, 0.25) is 0 Å². The van der Waals surface area contributed by atoms with E-state index in [-0.39, 0.29) is 0 Å². The summed E-state index contributed by atoms with van der Waals surface area (Å²) in [4.78, 5) is 0. The van der Waals surface area contributed by atoms with E-state index in [9.17, 15) is 0 Å². The summed E-state index contributed by atoms with van der Waals surface area (Å²) in [5.74, 6) is 0.935. The van der Waals surface area contributed by atoms with E-state index in [0.717, 1.165) is 5.92 Å². The normalized spacial score (nSPS) is 17.6. The number of hydrogen-bond donors (Lipinski definition) is 0. The molecule has 1 rings (SSSR count). The first-order valence-electron chi connectivity index (χ1n) is 2.75. The molecule has 0 fully saturated rings. The molecule has 0 aromatic rings. The molecule has 2 heteroatoms. The monoisotopic (exact) mass is 130 g/mol. The summed E-state index contributed by atoms with van der Waals surface area (Å²) in [5.41, 5.74) is 0. The van der Waals surface area contributed by atoms with E-state index in [4.69, 9.17) is 4.57 Å². The van der Waals surface area contributed by atoms with Gasteiger partial charge in [-0.15, -0.1) is 0 Å². The molecular formula is C6H11OP. The van der Waals surface area contributed by atoms with Crippen molar-refractivity contribution in [2.75, 3.05) is 0 Å². The lowest BCUT2D eigenvalue weighted by Crippen LogP contribution is -1.79. The van der Waals surface area contributed by atoms with Crippen LogP contribution in [-0.2, 0) is 4.57 Å². The zero-order valence-electron chi connectivity index (χ0n) is 5.05. The fourth-order valence-corrected chi connectivity index (χ4v) is 0.753. The van der Waals surface area contributed by atoms with Crippen LogP contribution in [0.3, 0.4) is 0 Å². The Labute approximate surface area is 52.4 Å². The molecule has 0 unspecified atom stereocenters. The Kier molecular flexibility index (Phi) is 4.89. The van der Waals surface area contributed by atoms with Crippen LogP contribution in [0.1, 0.15) is 19.8 Å². The van der Waals surface area contributed by atoms with Crippen molar-refractivity contribution >= 4 is 9.12 Å². The van der Waals surface area contributed by atoms with Crippen LogP contribution in [0.25, 0.3) is 0 Å². The van der Waals surface area contributed by atoms with Gasteiger partial charge in [0.15, 0.2) is 0 Å². The second-order valence-electron chi connectivity index (χ2n) is 2.05. The van der Waals surface area contributed by atoms with Gasteiger partial charge in [-0.3, -0.25) is 4.57 Å². The molecule has 0 bridgehead atoms. The molecule has 0 spiro atoms. The Bertz CT molecular complexity index is 72.6. The maximum absolute atomic E-state index is 8.06. The molecule has 0 heterocycles. The third-order valence-corrected chi connectivity index (χ3v) is 1.24. The highest BCUT2D eigenvalue weighted by Crippen LogP contribution is 2.15. The van der Waals surface area contributed by atoms with E-state index in [1.807, 2.05) is 0 Å². The lowest BCUT2D eigenvalue weighted by molar-refractivity contribution is 0.607. The van der Waals surface area contributed by atoms with Gasteiger partial charge in [-0.05, 0) is 18.8 Å². The molecule has 8 heavy (non-hydrogen) atoms. The van der Waals surface area contributed by atoms with Crippen molar-refractivity contribution in [2.24, 2.45) is 5.92 Å². The van der Waals surface area contributed by atoms with Gasteiger partial charge in [0.2, 0.25) is 0 Å². The van der Waals surface area contributed by atoms with Crippen molar-refractivity contribution in [2.45, 2.75) is 19.8 Å². The van der Waals surface area contributed by atoms with E-state index in [2.05, 4.69) is 19.1 Å². The lowest BCUT2D eigenvalue weighted by Gasteiger charge is -1.92. The van der Waals surface area contributed by atoms with Crippen molar-refractivity contribution in [3.63, 3.8) is 0 Å². The first-order chi connectivity index (χ1) is 3.89. The summed E-state index contributed by atoms with van der Waals surface area (Å²) >= 11 is 0. The SMILES string of the molecule is CC1CC=CC1.O=P. The predicted octanol–water partition coefficient (Wildman–Crippen LogP) is 2.45. The van der Waals surface area contributed by atoms with Gasteiger partial charge in [0.05, 0.1) is 0 Å². The van der Waals surface area contributed by atoms with Gasteiger partial charge < -0.3 is 0 Å². The van der Waals surface area contributed by atoms with Crippen LogP contribution < -0.4 is 0 Å². The molecule has 1 aliphatic rings. The van der Waals surface area contributed by atoms with Crippen molar-refractivity contribution in [3.8, 4) is 0 Å². The van der Waals surface area contributed by atoms with E-state index in [1.165, 1.54) is 12.8 Å². The molecule has 0 N–H and O–H groups in total. The summed E-state index contributed by atoms with van der Waals surface area (Å²) in [6.45, 7) is 2.28. The molecule has 1 nitrogen and oxygen atoms in total. The second kappa shape index (κ2) is 4.99. The molecule has 0 saturated heterocycles. The maximum atomic E-state index is 8.06. The average Bonchev–Trinajstić information content (AvgIpc) is 2.24. The summed E-state index contributed by atoms with van der Waals surface area (Å²) in [5, 5.41) is 0. The number of allylic oxidation sites excluding steroid dienone is 2. The zero-order valence-corrected chi connectivity index (χ0v) is 6.05.